The van der Waals surface area contributed by atoms with Crippen molar-refractivity contribution in [3.63, 3.8) is 0 Å². The summed E-state index contributed by atoms with van der Waals surface area (Å²) >= 11 is 1.21. The molecule has 0 spiro atoms. The van der Waals surface area contributed by atoms with Crippen LogP contribution >= 0.6 is 11.3 Å². The van der Waals surface area contributed by atoms with Crippen LogP contribution < -0.4 is 4.87 Å². The highest BCUT2D eigenvalue weighted by molar-refractivity contribution is 7.09. The largest absolute Gasteiger partial charge is 0.481 e. The highest BCUT2D eigenvalue weighted by Gasteiger charge is 2.16. The van der Waals surface area contributed by atoms with Crippen LogP contribution in [0.3, 0.4) is 0 Å². The molecule has 5 nitrogen and oxygen atoms in total. The standard InChI is InChI=1S/C18H24N2O3S/c1-4-8-20(9-7-16(21)22)11-15-17(19-18(23)24-15)14-6-5-12(2)10-13(14)3/h5-6,10H,4,7-9,11H2,1-3H3,(H,19,23)(H,21,22). The second-order valence-electron chi connectivity index (χ2n) is 6.05. The normalized spacial score (nSPS) is 11.2. The van der Waals surface area contributed by atoms with E-state index >= 15 is 0 Å². The average Bonchev–Trinajstić information content (AvgIpc) is 2.85. The van der Waals surface area contributed by atoms with Gasteiger partial charge in [-0.15, -0.1) is 0 Å². The molecule has 0 unspecified atom stereocenters. The minimum absolute atomic E-state index is 0.0744. The summed E-state index contributed by atoms with van der Waals surface area (Å²) in [5, 5.41) is 8.92. The Labute approximate surface area is 146 Å². The molecule has 0 bridgehead atoms. The summed E-state index contributed by atoms with van der Waals surface area (Å²) < 4.78 is 0. The van der Waals surface area contributed by atoms with Gasteiger partial charge in [0.1, 0.15) is 0 Å². The van der Waals surface area contributed by atoms with Gasteiger partial charge in [-0.25, -0.2) is 0 Å². The predicted molar refractivity (Wildman–Crippen MR) is 97.7 cm³/mol. The van der Waals surface area contributed by atoms with Crippen molar-refractivity contribution in [1.29, 1.82) is 0 Å². The van der Waals surface area contributed by atoms with Crippen LogP contribution in [0.2, 0.25) is 0 Å². The maximum Gasteiger partial charge on any atom is 0.305 e. The molecule has 0 fully saturated rings. The molecule has 0 saturated carbocycles. The number of nitrogens with one attached hydrogen (secondary N) is 1. The molecule has 0 saturated heterocycles. The van der Waals surface area contributed by atoms with Crippen molar-refractivity contribution in [3.05, 3.63) is 43.9 Å². The van der Waals surface area contributed by atoms with E-state index in [0.29, 0.717) is 13.1 Å². The number of aromatic amines is 1. The first kappa shape index (κ1) is 18.4. The maximum atomic E-state index is 11.9. The Balaban J connectivity index is 2.30. The van der Waals surface area contributed by atoms with Gasteiger partial charge < -0.3 is 10.1 Å². The Morgan fingerprint density at radius 1 is 1.29 bits per heavy atom. The minimum Gasteiger partial charge on any atom is -0.481 e. The van der Waals surface area contributed by atoms with Gasteiger partial charge in [0, 0.05) is 23.5 Å². The fraction of sp³-hybridized carbons (Fsp3) is 0.444. The van der Waals surface area contributed by atoms with Gasteiger partial charge in [-0.3, -0.25) is 14.5 Å². The summed E-state index contributed by atoms with van der Waals surface area (Å²) in [6.07, 6.45) is 1.05. The summed E-state index contributed by atoms with van der Waals surface area (Å²) in [6, 6.07) is 6.17. The number of aryl methyl sites for hydroxylation is 2. The molecule has 2 aromatic rings. The van der Waals surface area contributed by atoms with Gasteiger partial charge in [-0.1, -0.05) is 42.0 Å². The van der Waals surface area contributed by atoms with E-state index < -0.39 is 5.97 Å². The van der Waals surface area contributed by atoms with Gasteiger partial charge in [-0.05, 0) is 32.4 Å². The number of carboxylic acid groups (broad SMARTS) is 1. The number of carboxylic acids is 1. The molecule has 0 atom stereocenters. The summed E-state index contributed by atoms with van der Waals surface area (Å²) in [6.45, 7) is 8.04. The molecule has 1 heterocycles. The first-order valence-corrected chi connectivity index (χ1v) is 8.96. The lowest BCUT2D eigenvalue weighted by Gasteiger charge is -2.20. The number of aliphatic carboxylic acids is 1. The number of hydrogen-bond donors (Lipinski definition) is 2. The number of rotatable bonds is 8. The van der Waals surface area contributed by atoms with Crippen LogP contribution in [-0.2, 0) is 11.3 Å². The molecule has 0 aliphatic carbocycles. The molecule has 0 aliphatic heterocycles. The van der Waals surface area contributed by atoms with Crippen molar-refractivity contribution in [3.8, 4) is 11.3 Å². The maximum absolute atomic E-state index is 11.9. The third-order valence-corrected chi connectivity index (χ3v) is 4.79. The van der Waals surface area contributed by atoms with Crippen molar-refractivity contribution < 1.29 is 9.90 Å². The van der Waals surface area contributed by atoms with Crippen molar-refractivity contribution >= 4 is 17.3 Å². The summed E-state index contributed by atoms with van der Waals surface area (Å²) in [4.78, 5) is 28.7. The number of aromatic nitrogens is 1. The first-order valence-electron chi connectivity index (χ1n) is 8.14. The number of hydrogen-bond acceptors (Lipinski definition) is 4. The first-order chi connectivity index (χ1) is 11.4. The smallest absolute Gasteiger partial charge is 0.305 e. The van der Waals surface area contributed by atoms with Crippen molar-refractivity contribution in [2.75, 3.05) is 13.1 Å². The summed E-state index contributed by atoms with van der Waals surface area (Å²) in [5.74, 6) is -0.798. The van der Waals surface area contributed by atoms with E-state index in [1.54, 1.807) is 0 Å². The minimum atomic E-state index is -0.798. The third-order valence-electron chi connectivity index (χ3n) is 3.92. The Hall–Kier alpha value is -1.92. The molecule has 6 heteroatoms. The fourth-order valence-corrected chi connectivity index (χ4v) is 3.71. The zero-order chi connectivity index (χ0) is 17.7. The molecule has 1 aromatic carbocycles. The Morgan fingerprint density at radius 3 is 2.67 bits per heavy atom. The highest BCUT2D eigenvalue weighted by Crippen LogP contribution is 2.28. The van der Waals surface area contributed by atoms with Gasteiger partial charge in [0.05, 0.1) is 12.1 Å². The lowest BCUT2D eigenvalue weighted by atomic mass is 10.0. The molecule has 0 aliphatic rings. The zero-order valence-corrected chi connectivity index (χ0v) is 15.2. The van der Waals surface area contributed by atoms with Crippen molar-refractivity contribution in [1.82, 2.24) is 9.88 Å². The summed E-state index contributed by atoms with van der Waals surface area (Å²) in [7, 11) is 0. The number of thiazole rings is 1. The van der Waals surface area contributed by atoms with E-state index in [1.807, 2.05) is 26.0 Å². The number of nitrogens with zero attached hydrogens (tertiary/aromatic N) is 1. The van der Waals surface area contributed by atoms with Crippen molar-refractivity contribution in [2.24, 2.45) is 0 Å². The van der Waals surface area contributed by atoms with E-state index in [9.17, 15) is 9.59 Å². The van der Waals surface area contributed by atoms with Crippen LogP contribution in [0, 0.1) is 13.8 Å². The molecule has 130 valence electrons. The quantitative estimate of drug-likeness (QED) is 0.767. The SMILES string of the molecule is CCCN(CCC(=O)O)Cc1sc(=O)[nH]c1-c1ccc(C)cc1C. The number of benzene rings is 1. The van der Waals surface area contributed by atoms with Gasteiger partial charge >= 0.3 is 10.8 Å². The average molecular weight is 348 g/mol. The van der Waals surface area contributed by atoms with Gasteiger partial charge in [0.15, 0.2) is 0 Å². The number of H-pyrrole nitrogens is 1. The lowest BCUT2D eigenvalue weighted by Crippen LogP contribution is -2.26. The third kappa shape index (κ3) is 4.79. The fourth-order valence-electron chi connectivity index (χ4n) is 2.83. The molecule has 2 N–H and O–H groups in total. The van der Waals surface area contributed by atoms with Gasteiger partial charge in [0.25, 0.3) is 0 Å². The van der Waals surface area contributed by atoms with E-state index in [-0.39, 0.29) is 11.3 Å². The van der Waals surface area contributed by atoms with E-state index in [1.165, 1.54) is 16.9 Å². The topological polar surface area (TPSA) is 73.4 Å². The molecular formula is C18H24N2O3S. The van der Waals surface area contributed by atoms with Crippen molar-refractivity contribution in [2.45, 2.75) is 40.2 Å². The molecular weight excluding hydrogens is 324 g/mol. The molecule has 0 amide bonds. The molecule has 2 rings (SSSR count). The van der Waals surface area contributed by atoms with Gasteiger partial charge in [-0.2, -0.15) is 0 Å². The molecule has 24 heavy (non-hydrogen) atoms. The van der Waals surface area contributed by atoms with E-state index in [2.05, 4.69) is 22.9 Å². The second-order valence-corrected chi connectivity index (χ2v) is 7.12. The lowest BCUT2D eigenvalue weighted by molar-refractivity contribution is -0.137. The van der Waals surface area contributed by atoms with Crippen LogP contribution in [0.5, 0.6) is 0 Å². The van der Waals surface area contributed by atoms with E-state index in [4.69, 9.17) is 5.11 Å². The number of carbonyl (C=O) groups is 1. The Morgan fingerprint density at radius 2 is 2.04 bits per heavy atom. The van der Waals surface area contributed by atoms with Gasteiger partial charge in [0.2, 0.25) is 0 Å². The van der Waals surface area contributed by atoms with E-state index in [0.717, 1.165) is 34.7 Å². The second kappa shape index (κ2) is 8.26. The van der Waals surface area contributed by atoms with Crippen LogP contribution in [0.4, 0.5) is 0 Å². The Kier molecular flexibility index (Phi) is 6.34. The summed E-state index contributed by atoms with van der Waals surface area (Å²) in [5.41, 5.74) is 4.20. The predicted octanol–water partition coefficient (Wildman–Crippen LogP) is 3.41. The monoisotopic (exact) mass is 348 g/mol. The Bertz CT molecular complexity index is 764. The van der Waals surface area contributed by atoms with Crippen LogP contribution in [0.1, 0.15) is 35.8 Å². The molecule has 0 radical (unpaired) electrons. The zero-order valence-electron chi connectivity index (χ0n) is 14.4. The van der Waals surface area contributed by atoms with Crippen LogP contribution in [-0.4, -0.2) is 34.0 Å². The van der Waals surface area contributed by atoms with Crippen LogP contribution in [0.15, 0.2) is 23.0 Å². The van der Waals surface area contributed by atoms with Crippen LogP contribution in [0.25, 0.3) is 11.3 Å². The molecule has 1 aromatic heterocycles. The highest BCUT2D eigenvalue weighted by atomic mass is 32.1.